The van der Waals surface area contributed by atoms with Crippen molar-refractivity contribution in [2.75, 3.05) is 0 Å². The maximum Gasteiger partial charge on any atom is 0.339 e. The molecule has 4 aliphatic rings. The molecule has 2 N–H and O–H groups in total. The summed E-state index contributed by atoms with van der Waals surface area (Å²) in [4.78, 5) is 36.5. The number of hydrogen-bond acceptors (Lipinski definition) is 8. The third-order valence-corrected chi connectivity index (χ3v) is 6.22. The summed E-state index contributed by atoms with van der Waals surface area (Å²) in [7, 11) is 0. The van der Waals surface area contributed by atoms with Gasteiger partial charge >= 0.3 is 17.9 Å². The zero-order valence-electron chi connectivity index (χ0n) is 13.0. The molecule has 4 fully saturated rings. The van der Waals surface area contributed by atoms with E-state index in [1.54, 1.807) is 20.8 Å². The molecule has 1 saturated carbocycles. The van der Waals surface area contributed by atoms with Gasteiger partial charge in [-0.15, -0.1) is 0 Å². The van der Waals surface area contributed by atoms with Crippen molar-refractivity contribution in [3.8, 4) is 0 Å². The lowest BCUT2D eigenvalue weighted by Crippen LogP contribution is -2.65. The van der Waals surface area contributed by atoms with E-state index in [-0.39, 0.29) is 12.8 Å². The number of carbonyl (C=O) groups excluding carboxylic acids is 3. The van der Waals surface area contributed by atoms with Gasteiger partial charge in [0.05, 0.1) is 12.0 Å². The Bertz CT molecular complexity index is 650. The van der Waals surface area contributed by atoms with Crippen molar-refractivity contribution in [2.24, 2.45) is 16.2 Å². The highest BCUT2D eigenvalue weighted by Gasteiger charge is 2.92. The molecule has 1 aliphatic carbocycles. The number of carbonyl (C=O) groups is 3. The van der Waals surface area contributed by atoms with Crippen LogP contribution < -0.4 is 0 Å². The summed E-state index contributed by atoms with van der Waals surface area (Å²) in [6, 6.07) is 0. The number of ether oxygens (including phenoxy) is 3. The van der Waals surface area contributed by atoms with Gasteiger partial charge in [-0.1, -0.05) is 20.8 Å². The second-order valence-corrected chi connectivity index (χ2v) is 7.89. The topological polar surface area (TPSA) is 119 Å². The first-order chi connectivity index (χ1) is 10.5. The van der Waals surface area contributed by atoms with Gasteiger partial charge in [-0.3, -0.25) is 9.59 Å². The van der Waals surface area contributed by atoms with E-state index in [0.29, 0.717) is 0 Å². The molecule has 8 heteroatoms. The monoisotopic (exact) mass is 326 g/mol. The van der Waals surface area contributed by atoms with Crippen LogP contribution in [0.5, 0.6) is 0 Å². The van der Waals surface area contributed by atoms with Crippen LogP contribution in [0.1, 0.15) is 33.6 Å². The van der Waals surface area contributed by atoms with Gasteiger partial charge in [0.15, 0.2) is 6.10 Å². The summed E-state index contributed by atoms with van der Waals surface area (Å²) in [5, 5.41) is 22.2. The lowest BCUT2D eigenvalue weighted by molar-refractivity contribution is -0.224. The molecule has 2 spiro atoms. The van der Waals surface area contributed by atoms with Crippen LogP contribution in [0.4, 0.5) is 0 Å². The smallest absolute Gasteiger partial charge is 0.339 e. The minimum atomic E-state index is -1.78. The number of hydrogen-bond donors (Lipinski definition) is 2. The van der Waals surface area contributed by atoms with Crippen LogP contribution in [-0.2, 0) is 28.6 Å². The molecular formula is C15H18O8. The van der Waals surface area contributed by atoms with E-state index < -0.39 is 58.3 Å². The van der Waals surface area contributed by atoms with Gasteiger partial charge in [-0.25, -0.2) is 4.79 Å². The molecular weight excluding hydrogens is 308 g/mol. The number of esters is 3. The van der Waals surface area contributed by atoms with Crippen LogP contribution in [0, 0.1) is 16.2 Å². The Morgan fingerprint density at radius 1 is 1.13 bits per heavy atom. The Morgan fingerprint density at radius 2 is 1.78 bits per heavy atom. The quantitative estimate of drug-likeness (QED) is 0.558. The second-order valence-electron chi connectivity index (χ2n) is 7.89. The van der Waals surface area contributed by atoms with Gasteiger partial charge in [0.25, 0.3) is 6.29 Å². The van der Waals surface area contributed by atoms with Crippen molar-refractivity contribution >= 4 is 17.9 Å². The highest BCUT2D eigenvalue weighted by molar-refractivity contribution is 5.94. The van der Waals surface area contributed by atoms with Crippen LogP contribution in [0.2, 0.25) is 0 Å². The summed E-state index contributed by atoms with van der Waals surface area (Å²) in [6.45, 7) is 5.19. The van der Waals surface area contributed by atoms with E-state index in [9.17, 15) is 24.6 Å². The normalized spacial score (nSPS) is 51.0. The number of rotatable bonds is 0. The molecule has 8 nitrogen and oxygen atoms in total. The van der Waals surface area contributed by atoms with Crippen molar-refractivity contribution in [1.82, 2.24) is 0 Å². The molecule has 3 saturated heterocycles. The van der Waals surface area contributed by atoms with E-state index >= 15 is 0 Å². The van der Waals surface area contributed by atoms with Crippen molar-refractivity contribution in [3.63, 3.8) is 0 Å². The van der Waals surface area contributed by atoms with Gasteiger partial charge in [0.1, 0.15) is 16.9 Å². The zero-order valence-corrected chi connectivity index (χ0v) is 13.0. The minimum Gasteiger partial charge on any atom is -0.461 e. The number of aliphatic hydroxyl groups is 2. The summed E-state index contributed by atoms with van der Waals surface area (Å²) >= 11 is 0. The molecule has 6 atom stereocenters. The SMILES string of the molecule is CC(C)(C)[C@@]1(O)C[C@@H]2OC(=O)C[C@@]23C(=O)O[C@H]2OC(=O)[C@H](O)C213. The van der Waals surface area contributed by atoms with Gasteiger partial charge in [-0.2, -0.15) is 0 Å². The van der Waals surface area contributed by atoms with Crippen LogP contribution in [0.3, 0.4) is 0 Å². The van der Waals surface area contributed by atoms with Gasteiger partial charge < -0.3 is 24.4 Å². The first-order valence-corrected chi connectivity index (χ1v) is 7.54. The molecule has 0 aromatic carbocycles. The Hall–Kier alpha value is -1.67. The fraction of sp³-hybridized carbons (Fsp3) is 0.800. The summed E-state index contributed by atoms with van der Waals surface area (Å²) in [6.07, 6.45) is -4.58. The summed E-state index contributed by atoms with van der Waals surface area (Å²) in [5.41, 5.74) is -5.91. The highest BCUT2D eigenvalue weighted by Crippen LogP contribution is 2.75. The molecule has 0 amide bonds. The third-order valence-electron chi connectivity index (χ3n) is 6.22. The van der Waals surface area contributed by atoms with Crippen molar-refractivity contribution in [2.45, 2.75) is 57.7 Å². The van der Waals surface area contributed by atoms with Crippen molar-refractivity contribution in [1.29, 1.82) is 0 Å². The zero-order chi connectivity index (χ0) is 17.0. The maximum atomic E-state index is 12.6. The third kappa shape index (κ3) is 1.20. The lowest BCUT2D eigenvalue weighted by atomic mass is 9.52. The largest absolute Gasteiger partial charge is 0.461 e. The van der Waals surface area contributed by atoms with Crippen LogP contribution in [-0.4, -0.2) is 52.2 Å². The Morgan fingerprint density at radius 3 is 2.39 bits per heavy atom. The first kappa shape index (κ1) is 14.9. The van der Waals surface area contributed by atoms with Crippen molar-refractivity contribution < 1.29 is 38.8 Å². The van der Waals surface area contributed by atoms with E-state index in [2.05, 4.69) is 0 Å². The van der Waals surface area contributed by atoms with Crippen LogP contribution in [0.25, 0.3) is 0 Å². The Kier molecular flexibility index (Phi) is 2.39. The summed E-state index contributed by atoms with van der Waals surface area (Å²) < 4.78 is 15.5. The van der Waals surface area contributed by atoms with Gasteiger partial charge in [-0.05, 0) is 5.41 Å². The standard InChI is InChI=1S/C15H18O8/c1-12(2,3)14(20)4-6-13(5-7(16)21-6)10(19)23-11-15(13,14)8(17)9(18)22-11/h6,8,11,17,20H,4-5H2,1-3H3/t6-,8-,11+,13-,14-,15?/m0/s1. The van der Waals surface area contributed by atoms with E-state index in [1.165, 1.54) is 0 Å². The molecule has 0 aromatic rings. The fourth-order valence-corrected chi connectivity index (χ4v) is 5.15. The van der Waals surface area contributed by atoms with Crippen molar-refractivity contribution in [3.05, 3.63) is 0 Å². The molecule has 0 bridgehead atoms. The molecule has 0 aromatic heterocycles. The molecule has 0 radical (unpaired) electrons. The average molecular weight is 326 g/mol. The predicted octanol–water partition coefficient (Wildman–Crippen LogP) is -0.744. The highest BCUT2D eigenvalue weighted by atomic mass is 16.7. The van der Waals surface area contributed by atoms with E-state index in [0.717, 1.165) is 0 Å². The summed E-state index contributed by atoms with van der Waals surface area (Å²) in [5.74, 6) is -2.36. The van der Waals surface area contributed by atoms with E-state index in [4.69, 9.17) is 14.2 Å². The minimum absolute atomic E-state index is 0.0679. The second kappa shape index (κ2) is 3.70. The van der Waals surface area contributed by atoms with Gasteiger partial charge in [0.2, 0.25) is 0 Å². The molecule has 3 aliphatic heterocycles. The maximum absolute atomic E-state index is 12.6. The predicted molar refractivity (Wildman–Crippen MR) is 70.4 cm³/mol. The molecule has 23 heavy (non-hydrogen) atoms. The van der Waals surface area contributed by atoms with Crippen LogP contribution in [0.15, 0.2) is 0 Å². The first-order valence-electron chi connectivity index (χ1n) is 7.54. The fourth-order valence-electron chi connectivity index (χ4n) is 5.15. The Balaban J connectivity index is 2.05. The van der Waals surface area contributed by atoms with Gasteiger partial charge in [0, 0.05) is 6.42 Å². The lowest BCUT2D eigenvalue weighted by Gasteiger charge is -2.49. The molecule has 1 unspecified atom stereocenters. The van der Waals surface area contributed by atoms with E-state index in [1.807, 2.05) is 0 Å². The molecule has 4 rings (SSSR count). The number of aliphatic hydroxyl groups excluding tert-OH is 1. The van der Waals surface area contributed by atoms with Crippen LogP contribution >= 0.6 is 0 Å². The Labute approximate surface area is 131 Å². The molecule has 126 valence electrons. The molecule has 3 heterocycles. The average Bonchev–Trinajstić information content (AvgIpc) is 3.00.